The predicted molar refractivity (Wildman–Crippen MR) is 79.0 cm³/mol. The first-order valence-electron chi connectivity index (χ1n) is 6.88. The van der Waals surface area contributed by atoms with Gasteiger partial charge in [-0.1, -0.05) is 29.8 Å². The van der Waals surface area contributed by atoms with E-state index in [-0.39, 0.29) is 12.2 Å². The minimum absolute atomic E-state index is 0.0717. The Morgan fingerprint density at radius 3 is 1.63 bits per heavy atom. The van der Waals surface area contributed by atoms with Gasteiger partial charge in [0.1, 0.15) is 0 Å². The maximum Gasteiger partial charge on any atom is 0.258 e. The van der Waals surface area contributed by atoms with Crippen molar-refractivity contribution in [1.29, 1.82) is 0 Å². The van der Waals surface area contributed by atoms with Crippen LogP contribution < -0.4 is 0 Å². The summed E-state index contributed by atoms with van der Waals surface area (Å²) in [5.74, 6) is -0.837. The van der Waals surface area contributed by atoms with Crippen LogP contribution in [0, 0.1) is 6.92 Å². The second kappa shape index (κ2) is 6.51. The Hall–Kier alpha value is -0.900. The molecule has 108 valence electrons. The Labute approximate surface area is 117 Å². The van der Waals surface area contributed by atoms with Crippen molar-refractivity contribution in [3.05, 3.63) is 35.4 Å². The minimum atomic E-state index is -0.837. The fourth-order valence-electron chi connectivity index (χ4n) is 2.04. The van der Waals surface area contributed by atoms with Crippen LogP contribution in [0.3, 0.4) is 0 Å². The van der Waals surface area contributed by atoms with Crippen LogP contribution in [-0.2, 0) is 15.4 Å². The van der Waals surface area contributed by atoms with Crippen LogP contribution in [0.1, 0.15) is 38.8 Å². The predicted octanol–water partition coefficient (Wildman–Crippen LogP) is 3.52. The molecule has 0 N–H and O–H groups in total. The van der Waals surface area contributed by atoms with Crippen LogP contribution in [0.4, 0.5) is 0 Å². The summed E-state index contributed by atoms with van der Waals surface area (Å²) >= 11 is 0. The minimum Gasteiger partial charge on any atom is -0.331 e. The van der Waals surface area contributed by atoms with Gasteiger partial charge in [0.05, 0.1) is 12.2 Å². The van der Waals surface area contributed by atoms with Crippen molar-refractivity contribution in [3.63, 3.8) is 0 Å². The van der Waals surface area contributed by atoms with E-state index in [0.29, 0.717) is 0 Å². The molecule has 0 amide bonds. The molecule has 0 aliphatic heterocycles. The van der Waals surface area contributed by atoms with Gasteiger partial charge < -0.3 is 9.47 Å². The zero-order chi connectivity index (χ0) is 14.6. The summed E-state index contributed by atoms with van der Waals surface area (Å²) in [4.78, 5) is 1.98. The van der Waals surface area contributed by atoms with E-state index in [1.54, 1.807) is 0 Å². The lowest BCUT2D eigenvalue weighted by Crippen LogP contribution is -2.49. The first-order valence-corrected chi connectivity index (χ1v) is 6.88. The average molecular weight is 265 g/mol. The molecule has 1 aromatic rings. The maximum absolute atomic E-state index is 6.14. The lowest BCUT2D eigenvalue weighted by Gasteiger charge is -2.42. The van der Waals surface area contributed by atoms with Crippen molar-refractivity contribution in [1.82, 2.24) is 4.90 Å². The molecule has 1 aromatic carbocycles. The zero-order valence-corrected chi connectivity index (χ0v) is 13.2. The largest absolute Gasteiger partial charge is 0.331 e. The Kier molecular flexibility index (Phi) is 5.53. The summed E-state index contributed by atoms with van der Waals surface area (Å²) in [6, 6.07) is 8.31. The molecule has 0 saturated heterocycles. The molecule has 19 heavy (non-hydrogen) atoms. The lowest BCUT2D eigenvalue weighted by molar-refractivity contribution is -0.343. The van der Waals surface area contributed by atoms with Crippen LogP contribution in [0.2, 0.25) is 0 Å². The highest BCUT2D eigenvalue weighted by Crippen LogP contribution is 2.32. The number of benzene rings is 1. The van der Waals surface area contributed by atoms with Crippen molar-refractivity contribution < 1.29 is 9.47 Å². The molecule has 0 aliphatic rings. The van der Waals surface area contributed by atoms with E-state index in [0.717, 1.165) is 5.56 Å². The number of hydrogen-bond acceptors (Lipinski definition) is 3. The number of ether oxygens (including phenoxy) is 2. The fourth-order valence-corrected chi connectivity index (χ4v) is 2.04. The Morgan fingerprint density at radius 1 is 0.895 bits per heavy atom. The van der Waals surface area contributed by atoms with Gasteiger partial charge in [-0.05, 0) is 48.7 Å². The van der Waals surface area contributed by atoms with E-state index < -0.39 is 5.91 Å². The number of hydrogen-bond donors (Lipinski definition) is 0. The van der Waals surface area contributed by atoms with Gasteiger partial charge in [-0.15, -0.1) is 0 Å². The molecule has 0 unspecified atom stereocenters. The van der Waals surface area contributed by atoms with Crippen molar-refractivity contribution in [2.75, 3.05) is 14.1 Å². The Morgan fingerprint density at radius 2 is 1.32 bits per heavy atom. The SMILES string of the molecule is Cc1ccc(C(OC(C)C)(OC(C)C)N(C)C)cc1. The van der Waals surface area contributed by atoms with Crippen LogP contribution in [0.15, 0.2) is 24.3 Å². The van der Waals surface area contributed by atoms with Crippen molar-refractivity contribution in [3.8, 4) is 0 Å². The highest BCUT2D eigenvalue weighted by molar-refractivity contribution is 5.25. The normalized spacial score (nSPS) is 12.7. The molecule has 0 atom stereocenters. The molecular weight excluding hydrogens is 238 g/mol. The van der Waals surface area contributed by atoms with Gasteiger partial charge >= 0.3 is 0 Å². The topological polar surface area (TPSA) is 21.7 Å². The van der Waals surface area contributed by atoms with Crippen LogP contribution in [-0.4, -0.2) is 31.2 Å². The van der Waals surface area contributed by atoms with Gasteiger partial charge in [-0.25, -0.2) is 0 Å². The monoisotopic (exact) mass is 265 g/mol. The molecule has 0 aromatic heterocycles. The molecule has 0 radical (unpaired) electrons. The Bertz CT molecular complexity index is 372. The summed E-state index contributed by atoms with van der Waals surface area (Å²) in [5.41, 5.74) is 2.25. The highest BCUT2D eigenvalue weighted by Gasteiger charge is 2.39. The van der Waals surface area contributed by atoms with E-state index in [4.69, 9.17) is 9.47 Å². The smallest absolute Gasteiger partial charge is 0.258 e. The number of aryl methyl sites for hydroxylation is 1. The maximum atomic E-state index is 6.14. The quantitative estimate of drug-likeness (QED) is 0.735. The molecule has 0 fully saturated rings. The molecule has 3 heteroatoms. The molecule has 0 heterocycles. The third-order valence-corrected chi connectivity index (χ3v) is 2.80. The van der Waals surface area contributed by atoms with Crippen LogP contribution >= 0.6 is 0 Å². The van der Waals surface area contributed by atoms with E-state index in [2.05, 4.69) is 31.2 Å². The van der Waals surface area contributed by atoms with Gasteiger partial charge in [-0.2, -0.15) is 0 Å². The van der Waals surface area contributed by atoms with Crippen molar-refractivity contribution in [2.45, 2.75) is 52.7 Å². The molecule has 0 saturated carbocycles. The third kappa shape index (κ3) is 4.03. The van der Waals surface area contributed by atoms with E-state index in [1.165, 1.54) is 5.56 Å². The van der Waals surface area contributed by atoms with Gasteiger partial charge in [-0.3, -0.25) is 4.90 Å². The van der Waals surface area contributed by atoms with Crippen molar-refractivity contribution >= 4 is 0 Å². The summed E-state index contributed by atoms with van der Waals surface area (Å²) in [5, 5.41) is 0. The van der Waals surface area contributed by atoms with Crippen LogP contribution in [0.5, 0.6) is 0 Å². The number of nitrogens with zero attached hydrogens (tertiary/aromatic N) is 1. The summed E-state index contributed by atoms with van der Waals surface area (Å²) < 4.78 is 12.3. The summed E-state index contributed by atoms with van der Waals surface area (Å²) in [6.45, 7) is 10.2. The third-order valence-electron chi connectivity index (χ3n) is 2.80. The Balaban J connectivity index is 3.24. The van der Waals surface area contributed by atoms with Gasteiger partial charge in [0.25, 0.3) is 5.91 Å². The van der Waals surface area contributed by atoms with Crippen molar-refractivity contribution in [2.24, 2.45) is 0 Å². The van der Waals surface area contributed by atoms with Crippen LogP contribution in [0.25, 0.3) is 0 Å². The second-order valence-electron chi connectivity index (χ2n) is 5.68. The van der Waals surface area contributed by atoms with E-state index in [9.17, 15) is 0 Å². The summed E-state index contributed by atoms with van der Waals surface area (Å²) in [7, 11) is 3.95. The van der Waals surface area contributed by atoms with Gasteiger partial charge in [0.15, 0.2) is 0 Å². The van der Waals surface area contributed by atoms with Gasteiger partial charge in [0.2, 0.25) is 0 Å². The molecule has 0 spiro atoms. The standard InChI is InChI=1S/C16H27NO2/c1-12(2)18-16(17(6)7,19-13(3)4)15-10-8-14(5)9-11-15/h8-13H,1-7H3. The van der Waals surface area contributed by atoms with Gasteiger partial charge in [0, 0.05) is 5.56 Å². The summed E-state index contributed by atoms with van der Waals surface area (Å²) in [6.07, 6.45) is 0.143. The fraction of sp³-hybridized carbons (Fsp3) is 0.625. The number of rotatable bonds is 6. The average Bonchev–Trinajstić information content (AvgIpc) is 2.27. The van der Waals surface area contributed by atoms with E-state index >= 15 is 0 Å². The first-order chi connectivity index (χ1) is 8.78. The molecule has 0 aliphatic carbocycles. The molecular formula is C16H27NO2. The first kappa shape index (κ1) is 16.2. The van der Waals surface area contributed by atoms with E-state index in [1.807, 2.05) is 46.7 Å². The zero-order valence-electron chi connectivity index (χ0n) is 13.2. The highest BCUT2D eigenvalue weighted by atomic mass is 16.7. The molecule has 1 rings (SSSR count). The lowest BCUT2D eigenvalue weighted by atomic mass is 10.1. The molecule has 3 nitrogen and oxygen atoms in total. The molecule has 0 bridgehead atoms. The second-order valence-corrected chi connectivity index (χ2v) is 5.68.